The van der Waals surface area contributed by atoms with Crippen molar-refractivity contribution in [2.24, 2.45) is 0 Å². The number of nitriles is 1. The van der Waals surface area contributed by atoms with Crippen LogP contribution in [0.25, 0.3) is 0 Å². The Morgan fingerprint density at radius 2 is 1.72 bits per heavy atom. The van der Waals surface area contributed by atoms with Gasteiger partial charge in [-0.1, -0.05) is 0 Å². The zero-order chi connectivity index (χ0) is 17.8. The van der Waals surface area contributed by atoms with Crippen LogP contribution in [0.1, 0.15) is 33.2 Å². The van der Waals surface area contributed by atoms with Crippen molar-refractivity contribution in [2.75, 3.05) is 31.1 Å². The summed E-state index contributed by atoms with van der Waals surface area (Å²) in [7, 11) is 0. The van der Waals surface area contributed by atoms with Crippen LogP contribution in [0.2, 0.25) is 0 Å². The summed E-state index contributed by atoms with van der Waals surface area (Å²) in [5.41, 5.74) is 2.51. The van der Waals surface area contributed by atoms with Crippen molar-refractivity contribution < 1.29 is 9.59 Å². The first kappa shape index (κ1) is 16.7. The number of piperazine rings is 1. The van der Waals surface area contributed by atoms with Crippen LogP contribution in [0.3, 0.4) is 0 Å². The fourth-order valence-corrected chi connectivity index (χ4v) is 2.93. The van der Waals surface area contributed by atoms with E-state index in [1.807, 2.05) is 0 Å². The molecule has 0 N–H and O–H groups in total. The predicted octanol–water partition coefficient (Wildman–Crippen LogP) is 2.12. The standard InChI is InChI=1S/C19H18N4O2/c1-14(24)16-2-3-17(13-20)18(12-16)22-8-10-23(11-9-22)19(25)15-4-6-21-7-5-15/h2-7,12H,8-11H2,1H3. The minimum absolute atomic E-state index is 0.0138. The molecule has 1 saturated heterocycles. The van der Waals surface area contributed by atoms with Crippen LogP contribution in [-0.2, 0) is 0 Å². The summed E-state index contributed by atoms with van der Waals surface area (Å²) in [5, 5.41) is 9.34. The Kier molecular flexibility index (Phi) is 4.75. The van der Waals surface area contributed by atoms with Gasteiger partial charge in [-0.25, -0.2) is 0 Å². The van der Waals surface area contributed by atoms with Crippen molar-refractivity contribution in [3.05, 3.63) is 59.4 Å². The van der Waals surface area contributed by atoms with E-state index in [9.17, 15) is 14.9 Å². The maximum absolute atomic E-state index is 12.5. The maximum Gasteiger partial charge on any atom is 0.254 e. The number of aromatic nitrogens is 1. The molecule has 1 aliphatic rings. The van der Waals surface area contributed by atoms with Gasteiger partial charge in [0.15, 0.2) is 5.78 Å². The van der Waals surface area contributed by atoms with E-state index in [1.165, 1.54) is 6.92 Å². The molecule has 1 fully saturated rings. The third-order valence-electron chi connectivity index (χ3n) is 4.36. The molecular formula is C19H18N4O2. The van der Waals surface area contributed by atoms with E-state index >= 15 is 0 Å². The molecule has 25 heavy (non-hydrogen) atoms. The molecule has 0 unspecified atom stereocenters. The zero-order valence-corrected chi connectivity index (χ0v) is 14.0. The second-order valence-corrected chi connectivity index (χ2v) is 5.92. The lowest BCUT2D eigenvalue weighted by Gasteiger charge is -2.36. The van der Waals surface area contributed by atoms with Gasteiger partial charge in [-0.3, -0.25) is 14.6 Å². The van der Waals surface area contributed by atoms with Gasteiger partial charge in [0.25, 0.3) is 5.91 Å². The molecule has 126 valence electrons. The Labute approximate surface area is 146 Å². The number of nitrogens with zero attached hydrogens (tertiary/aromatic N) is 4. The number of rotatable bonds is 3. The van der Waals surface area contributed by atoms with Crippen LogP contribution in [0.5, 0.6) is 0 Å². The van der Waals surface area contributed by atoms with E-state index in [2.05, 4.69) is 16.0 Å². The average molecular weight is 334 g/mol. The fraction of sp³-hybridized carbons (Fsp3) is 0.263. The van der Waals surface area contributed by atoms with Crippen LogP contribution in [0.15, 0.2) is 42.7 Å². The summed E-state index contributed by atoms with van der Waals surface area (Å²) in [6.45, 7) is 3.88. The van der Waals surface area contributed by atoms with Gasteiger partial charge in [0, 0.05) is 49.7 Å². The summed E-state index contributed by atoms with van der Waals surface area (Å²) < 4.78 is 0. The zero-order valence-electron chi connectivity index (χ0n) is 14.0. The summed E-state index contributed by atoms with van der Waals surface area (Å²) in [5.74, 6) is -0.0442. The Morgan fingerprint density at radius 3 is 2.32 bits per heavy atom. The molecule has 6 heteroatoms. The number of pyridine rings is 1. The first-order valence-corrected chi connectivity index (χ1v) is 8.09. The molecule has 1 aromatic heterocycles. The largest absolute Gasteiger partial charge is 0.367 e. The number of ketones is 1. The molecule has 1 amide bonds. The van der Waals surface area contributed by atoms with Crippen LogP contribution in [0.4, 0.5) is 5.69 Å². The molecular weight excluding hydrogens is 316 g/mol. The second kappa shape index (κ2) is 7.14. The number of anilines is 1. The Balaban J connectivity index is 1.74. The van der Waals surface area contributed by atoms with Crippen LogP contribution in [0, 0.1) is 11.3 Å². The third-order valence-corrected chi connectivity index (χ3v) is 4.36. The highest BCUT2D eigenvalue weighted by Gasteiger charge is 2.24. The van der Waals surface area contributed by atoms with E-state index < -0.39 is 0 Å². The molecule has 2 heterocycles. The third kappa shape index (κ3) is 3.50. The molecule has 0 radical (unpaired) electrons. The monoisotopic (exact) mass is 334 g/mol. The number of hydrogen-bond donors (Lipinski definition) is 0. The first-order valence-electron chi connectivity index (χ1n) is 8.09. The molecule has 0 atom stereocenters. The minimum Gasteiger partial charge on any atom is -0.367 e. The number of amides is 1. The molecule has 2 aromatic rings. The molecule has 0 aliphatic carbocycles. The van der Waals surface area contributed by atoms with Crippen molar-refractivity contribution in [1.29, 1.82) is 5.26 Å². The maximum atomic E-state index is 12.5. The van der Waals surface area contributed by atoms with Crippen LogP contribution < -0.4 is 4.90 Å². The summed E-state index contributed by atoms with van der Waals surface area (Å²) >= 11 is 0. The number of carbonyl (C=O) groups excluding carboxylic acids is 2. The van der Waals surface area contributed by atoms with E-state index in [0.29, 0.717) is 42.9 Å². The van der Waals surface area contributed by atoms with Crippen molar-refractivity contribution in [1.82, 2.24) is 9.88 Å². The Hall–Kier alpha value is -3.20. The Bertz CT molecular complexity index is 834. The van der Waals surface area contributed by atoms with Crippen LogP contribution in [-0.4, -0.2) is 47.8 Å². The lowest BCUT2D eigenvalue weighted by atomic mass is 10.1. The van der Waals surface area contributed by atoms with Gasteiger partial charge in [-0.2, -0.15) is 5.26 Å². The number of benzene rings is 1. The smallest absolute Gasteiger partial charge is 0.254 e. The van der Waals surface area contributed by atoms with Gasteiger partial charge in [0.1, 0.15) is 6.07 Å². The number of carbonyl (C=O) groups is 2. The highest BCUT2D eigenvalue weighted by atomic mass is 16.2. The number of hydrogen-bond acceptors (Lipinski definition) is 5. The van der Waals surface area contributed by atoms with Crippen molar-refractivity contribution in [3.8, 4) is 6.07 Å². The quantitative estimate of drug-likeness (QED) is 0.804. The van der Waals surface area contributed by atoms with Crippen LogP contribution >= 0.6 is 0 Å². The van der Waals surface area contributed by atoms with Gasteiger partial charge < -0.3 is 9.80 Å². The highest BCUT2D eigenvalue weighted by Crippen LogP contribution is 2.24. The molecule has 6 nitrogen and oxygen atoms in total. The highest BCUT2D eigenvalue weighted by molar-refractivity contribution is 5.96. The lowest BCUT2D eigenvalue weighted by Crippen LogP contribution is -2.49. The average Bonchev–Trinajstić information content (AvgIpc) is 2.67. The second-order valence-electron chi connectivity index (χ2n) is 5.92. The summed E-state index contributed by atoms with van der Waals surface area (Å²) in [6.07, 6.45) is 3.21. The van der Waals surface area contributed by atoms with E-state index in [0.717, 1.165) is 5.69 Å². The van der Waals surface area contributed by atoms with Crippen molar-refractivity contribution in [2.45, 2.75) is 6.92 Å². The first-order chi connectivity index (χ1) is 12.1. The van der Waals surface area contributed by atoms with Crippen molar-refractivity contribution >= 4 is 17.4 Å². The summed E-state index contributed by atoms with van der Waals surface area (Å²) in [4.78, 5) is 31.9. The molecule has 3 rings (SSSR count). The van der Waals surface area contributed by atoms with E-state index in [-0.39, 0.29) is 11.7 Å². The lowest BCUT2D eigenvalue weighted by molar-refractivity contribution is 0.0746. The van der Waals surface area contributed by atoms with Gasteiger partial charge in [-0.05, 0) is 37.3 Å². The molecule has 1 aliphatic heterocycles. The fourth-order valence-electron chi connectivity index (χ4n) is 2.93. The molecule has 0 saturated carbocycles. The Morgan fingerprint density at radius 1 is 1.04 bits per heavy atom. The molecule has 1 aromatic carbocycles. The van der Waals surface area contributed by atoms with Gasteiger partial charge in [0.05, 0.1) is 11.3 Å². The van der Waals surface area contributed by atoms with Gasteiger partial charge >= 0.3 is 0 Å². The normalized spacial score (nSPS) is 14.1. The van der Waals surface area contributed by atoms with E-state index in [4.69, 9.17) is 0 Å². The summed E-state index contributed by atoms with van der Waals surface area (Å²) in [6, 6.07) is 10.7. The SMILES string of the molecule is CC(=O)c1ccc(C#N)c(N2CCN(C(=O)c3ccncc3)CC2)c1. The predicted molar refractivity (Wildman–Crippen MR) is 93.5 cm³/mol. The molecule has 0 spiro atoms. The number of Topliss-reactive ketones (excluding diaryl/α,β-unsaturated/α-hetero) is 1. The van der Waals surface area contributed by atoms with E-state index in [1.54, 1.807) is 47.6 Å². The van der Waals surface area contributed by atoms with Gasteiger partial charge in [-0.15, -0.1) is 0 Å². The topological polar surface area (TPSA) is 77.3 Å². The minimum atomic E-state index is -0.0303. The van der Waals surface area contributed by atoms with Crippen molar-refractivity contribution in [3.63, 3.8) is 0 Å². The molecule has 0 bridgehead atoms. The van der Waals surface area contributed by atoms with Gasteiger partial charge in [0.2, 0.25) is 0 Å².